The first-order valence-corrected chi connectivity index (χ1v) is 9.74. The number of carbonyl (C=O) groups is 2. The molecule has 1 heterocycles. The van der Waals surface area contributed by atoms with Gasteiger partial charge in [-0.05, 0) is 43.0 Å². The molecule has 148 valence electrons. The molecule has 0 aliphatic carbocycles. The van der Waals surface area contributed by atoms with Crippen LogP contribution in [0.15, 0.2) is 72.9 Å². The van der Waals surface area contributed by atoms with Crippen molar-refractivity contribution in [3.8, 4) is 0 Å². The lowest BCUT2D eigenvalue weighted by atomic mass is 10.1. The molecule has 1 aromatic heterocycles. The van der Waals surface area contributed by atoms with Gasteiger partial charge in [-0.25, -0.2) is 0 Å². The van der Waals surface area contributed by atoms with Crippen molar-refractivity contribution in [2.45, 2.75) is 26.3 Å². The maximum absolute atomic E-state index is 12.4. The molecule has 5 heteroatoms. The topological polar surface area (TPSA) is 71.1 Å². The lowest BCUT2D eigenvalue weighted by Gasteiger charge is -2.08. The highest BCUT2D eigenvalue weighted by atomic mass is 16.2. The van der Waals surface area contributed by atoms with Crippen LogP contribution in [0.4, 0.5) is 0 Å². The Morgan fingerprint density at radius 3 is 2.45 bits per heavy atom. The van der Waals surface area contributed by atoms with Crippen molar-refractivity contribution in [3.63, 3.8) is 0 Å². The minimum atomic E-state index is -0.272. The van der Waals surface area contributed by atoms with Gasteiger partial charge >= 0.3 is 0 Å². The highest BCUT2D eigenvalue weighted by Gasteiger charge is 2.11. The summed E-state index contributed by atoms with van der Waals surface area (Å²) in [6.45, 7) is 3.00. The number of benzene rings is 2. The first-order valence-electron chi connectivity index (χ1n) is 9.74. The maximum atomic E-state index is 12.4. The fourth-order valence-corrected chi connectivity index (χ4v) is 3.03. The van der Waals surface area contributed by atoms with E-state index in [4.69, 9.17) is 0 Å². The largest absolute Gasteiger partial charge is 0.351 e. The van der Waals surface area contributed by atoms with E-state index in [9.17, 15) is 9.59 Å². The Morgan fingerprint density at radius 2 is 1.66 bits per heavy atom. The molecule has 2 amide bonds. The van der Waals surface area contributed by atoms with Gasteiger partial charge in [0.15, 0.2) is 0 Å². The van der Waals surface area contributed by atoms with E-state index in [1.807, 2.05) is 49.4 Å². The van der Waals surface area contributed by atoms with E-state index < -0.39 is 0 Å². The summed E-state index contributed by atoms with van der Waals surface area (Å²) < 4.78 is 0. The maximum Gasteiger partial charge on any atom is 0.269 e. The van der Waals surface area contributed by atoms with E-state index in [1.165, 1.54) is 17.8 Å². The summed E-state index contributed by atoms with van der Waals surface area (Å²) >= 11 is 0. The fraction of sp³-hybridized carbons (Fsp3) is 0.208. The van der Waals surface area contributed by atoms with E-state index in [-0.39, 0.29) is 17.5 Å². The van der Waals surface area contributed by atoms with Gasteiger partial charge in [0.1, 0.15) is 5.69 Å². The molecule has 0 bridgehead atoms. The lowest BCUT2D eigenvalue weighted by Crippen LogP contribution is -2.27. The van der Waals surface area contributed by atoms with Crippen LogP contribution in [-0.4, -0.2) is 23.3 Å². The molecule has 0 atom stereocenters. The number of aryl methyl sites for hydroxylation is 2. The second-order valence-electron chi connectivity index (χ2n) is 6.95. The van der Waals surface area contributed by atoms with E-state index in [0.717, 1.165) is 24.0 Å². The van der Waals surface area contributed by atoms with Crippen molar-refractivity contribution in [1.82, 2.24) is 15.6 Å². The molecule has 0 saturated heterocycles. The van der Waals surface area contributed by atoms with Crippen LogP contribution >= 0.6 is 0 Å². The van der Waals surface area contributed by atoms with Gasteiger partial charge in [0, 0.05) is 24.8 Å². The summed E-state index contributed by atoms with van der Waals surface area (Å²) in [5.41, 5.74) is 4.08. The predicted molar refractivity (Wildman–Crippen MR) is 114 cm³/mol. The van der Waals surface area contributed by atoms with Gasteiger partial charge in [-0.3, -0.25) is 14.6 Å². The van der Waals surface area contributed by atoms with E-state index in [0.29, 0.717) is 18.7 Å². The van der Waals surface area contributed by atoms with Crippen molar-refractivity contribution >= 4 is 11.8 Å². The number of hydrogen-bond donors (Lipinski definition) is 2. The molecule has 0 aliphatic heterocycles. The Hall–Kier alpha value is -3.47. The molecule has 2 N–H and O–H groups in total. The molecular weight excluding hydrogens is 362 g/mol. The highest BCUT2D eigenvalue weighted by Crippen LogP contribution is 2.06. The second-order valence-corrected chi connectivity index (χ2v) is 6.95. The van der Waals surface area contributed by atoms with Gasteiger partial charge in [0.05, 0.1) is 0 Å². The molecule has 0 aliphatic rings. The molecule has 29 heavy (non-hydrogen) atoms. The number of hydrogen-bond acceptors (Lipinski definition) is 3. The van der Waals surface area contributed by atoms with Gasteiger partial charge in [-0.1, -0.05) is 60.2 Å². The van der Waals surface area contributed by atoms with Crippen molar-refractivity contribution < 1.29 is 9.59 Å². The molecule has 0 saturated carbocycles. The molecule has 0 unspecified atom stereocenters. The van der Waals surface area contributed by atoms with Crippen LogP contribution in [0.1, 0.15) is 44.0 Å². The SMILES string of the molecule is Cc1cccc(CNC(=O)c2ccnc(C(=O)NCCCc3ccccc3)c2)c1. The van der Waals surface area contributed by atoms with Crippen LogP contribution in [0.2, 0.25) is 0 Å². The van der Waals surface area contributed by atoms with Crippen molar-refractivity contribution in [3.05, 3.63) is 101 Å². The number of amides is 2. The zero-order valence-corrected chi connectivity index (χ0v) is 16.5. The molecular formula is C24H25N3O2. The third kappa shape index (κ3) is 6.28. The van der Waals surface area contributed by atoms with Crippen LogP contribution in [0, 0.1) is 6.92 Å². The van der Waals surface area contributed by atoms with E-state index >= 15 is 0 Å². The Kier molecular flexibility index (Phi) is 7.11. The summed E-state index contributed by atoms with van der Waals surface area (Å²) in [5, 5.41) is 5.75. The second kappa shape index (κ2) is 10.2. The number of nitrogens with one attached hydrogen (secondary N) is 2. The van der Waals surface area contributed by atoms with Crippen molar-refractivity contribution in [2.24, 2.45) is 0 Å². The number of pyridine rings is 1. The average Bonchev–Trinajstić information content (AvgIpc) is 2.76. The summed E-state index contributed by atoms with van der Waals surface area (Å²) in [5.74, 6) is -0.501. The number of carbonyl (C=O) groups excluding carboxylic acids is 2. The van der Waals surface area contributed by atoms with Crippen molar-refractivity contribution in [1.29, 1.82) is 0 Å². The minimum Gasteiger partial charge on any atom is -0.351 e. The molecule has 0 fully saturated rings. The predicted octanol–water partition coefficient (Wildman–Crippen LogP) is 3.68. The van der Waals surface area contributed by atoms with Crippen molar-refractivity contribution in [2.75, 3.05) is 6.54 Å². The molecule has 3 rings (SSSR count). The van der Waals surface area contributed by atoms with Gasteiger partial charge in [0.2, 0.25) is 0 Å². The third-order valence-corrected chi connectivity index (χ3v) is 4.56. The molecule has 2 aromatic carbocycles. The fourth-order valence-electron chi connectivity index (χ4n) is 3.03. The molecule has 5 nitrogen and oxygen atoms in total. The number of aromatic nitrogens is 1. The Labute approximate surface area is 171 Å². The molecule has 0 radical (unpaired) electrons. The number of rotatable bonds is 8. The zero-order valence-electron chi connectivity index (χ0n) is 16.5. The van der Waals surface area contributed by atoms with E-state index in [1.54, 1.807) is 6.07 Å². The lowest BCUT2D eigenvalue weighted by molar-refractivity contribution is 0.0948. The van der Waals surface area contributed by atoms with Crippen LogP contribution in [0.3, 0.4) is 0 Å². The first-order chi connectivity index (χ1) is 14.1. The Bertz CT molecular complexity index is 971. The van der Waals surface area contributed by atoms with Crippen LogP contribution in [0.5, 0.6) is 0 Å². The summed E-state index contributed by atoms with van der Waals surface area (Å²) in [4.78, 5) is 28.9. The highest BCUT2D eigenvalue weighted by molar-refractivity contribution is 5.98. The number of nitrogens with zero attached hydrogens (tertiary/aromatic N) is 1. The molecule has 0 spiro atoms. The average molecular weight is 387 g/mol. The van der Waals surface area contributed by atoms with Gasteiger partial charge in [-0.2, -0.15) is 0 Å². The summed E-state index contributed by atoms with van der Waals surface area (Å²) in [6.07, 6.45) is 3.23. The first kappa shape index (κ1) is 20.3. The van der Waals surface area contributed by atoms with Crippen LogP contribution < -0.4 is 10.6 Å². The smallest absolute Gasteiger partial charge is 0.269 e. The standard InChI is InChI=1S/C24H25N3O2/c1-18-7-5-10-20(15-18)17-27-23(28)21-12-14-25-22(16-21)24(29)26-13-6-11-19-8-3-2-4-9-19/h2-5,7-10,12,14-16H,6,11,13,17H2,1H3,(H,26,29)(H,27,28). The summed E-state index contributed by atoms with van der Waals surface area (Å²) in [7, 11) is 0. The van der Waals surface area contributed by atoms with Crippen LogP contribution in [-0.2, 0) is 13.0 Å². The van der Waals surface area contributed by atoms with Crippen LogP contribution in [0.25, 0.3) is 0 Å². The van der Waals surface area contributed by atoms with E-state index in [2.05, 4.69) is 27.8 Å². The van der Waals surface area contributed by atoms with Gasteiger partial charge < -0.3 is 10.6 Å². The minimum absolute atomic E-state index is 0.230. The van der Waals surface area contributed by atoms with Gasteiger partial charge in [0.25, 0.3) is 11.8 Å². The zero-order chi connectivity index (χ0) is 20.5. The quantitative estimate of drug-likeness (QED) is 0.579. The van der Waals surface area contributed by atoms with Gasteiger partial charge in [-0.15, -0.1) is 0 Å². The third-order valence-electron chi connectivity index (χ3n) is 4.56. The monoisotopic (exact) mass is 387 g/mol. The normalized spacial score (nSPS) is 10.4. The Morgan fingerprint density at radius 1 is 0.862 bits per heavy atom. The molecule has 3 aromatic rings. The Balaban J connectivity index is 1.50. The summed E-state index contributed by atoms with van der Waals surface area (Å²) in [6, 6.07) is 21.2.